The Labute approximate surface area is 93.6 Å². The Hall–Kier alpha value is -1.62. The van der Waals surface area contributed by atoms with E-state index in [1.165, 1.54) is 0 Å². The Morgan fingerprint density at radius 1 is 1.38 bits per heavy atom. The molecule has 0 fully saturated rings. The Balaban J connectivity index is 2.18. The highest BCUT2D eigenvalue weighted by molar-refractivity contribution is 5.54. The lowest BCUT2D eigenvalue weighted by molar-refractivity contribution is 0.491. The summed E-state index contributed by atoms with van der Waals surface area (Å²) >= 11 is 0. The first-order chi connectivity index (χ1) is 7.85. The van der Waals surface area contributed by atoms with Crippen molar-refractivity contribution in [1.82, 2.24) is 10.2 Å². The molecular formula is C11H15N3O2. The molecule has 0 spiro atoms. The first-order valence-corrected chi connectivity index (χ1v) is 5.44. The van der Waals surface area contributed by atoms with E-state index < -0.39 is 0 Å². The van der Waals surface area contributed by atoms with Gasteiger partial charge in [0.05, 0.1) is 11.8 Å². The molecule has 2 aromatic heterocycles. The molecule has 2 heterocycles. The minimum Gasteiger partial charge on any atom is -0.469 e. The molecule has 0 amide bonds. The maximum atomic E-state index is 5.53. The number of hydrogen-bond donors (Lipinski definition) is 1. The number of hydrogen-bond acceptors (Lipinski definition) is 5. The van der Waals surface area contributed by atoms with E-state index in [9.17, 15) is 0 Å². The average molecular weight is 221 g/mol. The summed E-state index contributed by atoms with van der Waals surface area (Å²) in [5.74, 6) is 2.02. The van der Waals surface area contributed by atoms with Gasteiger partial charge in [-0.1, -0.05) is 6.92 Å². The summed E-state index contributed by atoms with van der Waals surface area (Å²) in [4.78, 5) is 0. The summed E-state index contributed by atoms with van der Waals surface area (Å²) in [6, 6.07) is 1.85. The van der Waals surface area contributed by atoms with Crippen LogP contribution in [0.4, 0.5) is 0 Å². The van der Waals surface area contributed by atoms with E-state index in [1.807, 2.05) is 13.0 Å². The Bertz CT molecular complexity index is 448. The van der Waals surface area contributed by atoms with E-state index in [0.29, 0.717) is 18.3 Å². The van der Waals surface area contributed by atoms with Gasteiger partial charge in [-0.05, 0) is 19.0 Å². The molecule has 16 heavy (non-hydrogen) atoms. The summed E-state index contributed by atoms with van der Waals surface area (Å²) < 4.78 is 10.8. The number of nitrogens with two attached hydrogens (primary N) is 1. The van der Waals surface area contributed by atoms with Crippen LogP contribution >= 0.6 is 0 Å². The average Bonchev–Trinajstić information content (AvgIpc) is 2.94. The fourth-order valence-electron chi connectivity index (χ4n) is 1.52. The quantitative estimate of drug-likeness (QED) is 0.832. The van der Waals surface area contributed by atoms with Gasteiger partial charge in [0, 0.05) is 12.8 Å². The molecule has 0 radical (unpaired) electrons. The molecule has 86 valence electrons. The van der Waals surface area contributed by atoms with Crippen LogP contribution in [0.3, 0.4) is 0 Å². The van der Waals surface area contributed by atoms with Gasteiger partial charge in [0.2, 0.25) is 5.89 Å². The standard InChI is InChI=1S/C11H15N3O2/c1-2-9-8(5-7-15-9)11-14-13-10(16-11)4-3-6-12/h5,7H,2-4,6,12H2,1H3. The predicted octanol–water partition coefficient (Wildman–Crippen LogP) is 1.78. The van der Waals surface area contributed by atoms with Crippen LogP contribution in [-0.4, -0.2) is 16.7 Å². The largest absolute Gasteiger partial charge is 0.469 e. The molecule has 5 heteroatoms. The topological polar surface area (TPSA) is 78.1 Å². The molecular weight excluding hydrogens is 206 g/mol. The number of furan rings is 1. The van der Waals surface area contributed by atoms with E-state index in [1.54, 1.807) is 6.26 Å². The van der Waals surface area contributed by atoms with Crippen LogP contribution in [0.15, 0.2) is 21.2 Å². The normalized spacial score (nSPS) is 10.9. The summed E-state index contributed by atoms with van der Waals surface area (Å²) in [5.41, 5.74) is 6.30. The Morgan fingerprint density at radius 3 is 3.00 bits per heavy atom. The second-order valence-corrected chi connectivity index (χ2v) is 3.50. The summed E-state index contributed by atoms with van der Waals surface area (Å²) in [6.07, 6.45) is 4.03. The highest BCUT2D eigenvalue weighted by atomic mass is 16.4. The molecule has 2 aromatic rings. The summed E-state index contributed by atoms with van der Waals surface area (Å²) in [7, 11) is 0. The van der Waals surface area contributed by atoms with Crippen LogP contribution in [0.2, 0.25) is 0 Å². The highest BCUT2D eigenvalue weighted by Gasteiger charge is 2.13. The van der Waals surface area contributed by atoms with Crippen molar-refractivity contribution in [2.45, 2.75) is 26.2 Å². The van der Waals surface area contributed by atoms with Crippen molar-refractivity contribution in [2.24, 2.45) is 5.73 Å². The number of aryl methyl sites for hydroxylation is 2. The minimum absolute atomic E-state index is 0.526. The highest BCUT2D eigenvalue weighted by Crippen LogP contribution is 2.24. The minimum atomic E-state index is 0.526. The molecule has 2 N–H and O–H groups in total. The summed E-state index contributed by atoms with van der Waals surface area (Å²) in [6.45, 7) is 2.65. The van der Waals surface area contributed by atoms with Gasteiger partial charge in [-0.3, -0.25) is 0 Å². The molecule has 2 rings (SSSR count). The fourth-order valence-corrected chi connectivity index (χ4v) is 1.52. The number of rotatable bonds is 5. The van der Waals surface area contributed by atoms with Crippen molar-refractivity contribution >= 4 is 0 Å². The van der Waals surface area contributed by atoms with Crippen LogP contribution < -0.4 is 5.73 Å². The maximum Gasteiger partial charge on any atom is 0.251 e. The van der Waals surface area contributed by atoms with Gasteiger partial charge in [0.15, 0.2) is 0 Å². The molecule has 0 aromatic carbocycles. The molecule has 0 aliphatic heterocycles. The van der Waals surface area contributed by atoms with Gasteiger partial charge in [-0.2, -0.15) is 0 Å². The van der Waals surface area contributed by atoms with Crippen molar-refractivity contribution in [3.63, 3.8) is 0 Å². The van der Waals surface area contributed by atoms with Crippen molar-refractivity contribution in [3.05, 3.63) is 24.0 Å². The molecule has 5 nitrogen and oxygen atoms in total. The van der Waals surface area contributed by atoms with E-state index in [0.717, 1.165) is 30.6 Å². The smallest absolute Gasteiger partial charge is 0.251 e. The fraction of sp³-hybridized carbons (Fsp3) is 0.455. The molecule has 0 aliphatic carbocycles. The van der Waals surface area contributed by atoms with Crippen molar-refractivity contribution < 1.29 is 8.83 Å². The van der Waals surface area contributed by atoms with Crippen molar-refractivity contribution in [3.8, 4) is 11.5 Å². The van der Waals surface area contributed by atoms with Crippen LogP contribution in [0.1, 0.15) is 25.0 Å². The molecule has 0 atom stereocenters. The van der Waals surface area contributed by atoms with Crippen LogP contribution in [-0.2, 0) is 12.8 Å². The molecule has 0 aliphatic rings. The zero-order chi connectivity index (χ0) is 11.4. The van der Waals surface area contributed by atoms with E-state index in [4.69, 9.17) is 14.6 Å². The van der Waals surface area contributed by atoms with Crippen molar-refractivity contribution in [1.29, 1.82) is 0 Å². The first-order valence-electron chi connectivity index (χ1n) is 5.44. The van der Waals surface area contributed by atoms with Crippen molar-refractivity contribution in [2.75, 3.05) is 6.54 Å². The lowest BCUT2D eigenvalue weighted by Gasteiger charge is -1.93. The lowest BCUT2D eigenvalue weighted by atomic mass is 10.2. The van der Waals surface area contributed by atoms with Gasteiger partial charge in [-0.15, -0.1) is 10.2 Å². The Kier molecular flexibility index (Phi) is 3.36. The van der Waals surface area contributed by atoms with E-state index >= 15 is 0 Å². The third kappa shape index (κ3) is 2.14. The third-order valence-electron chi connectivity index (χ3n) is 2.36. The van der Waals surface area contributed by atoms with Gasteiger partial charge >= 0.3 is 0 Å². The van der Waals surface area contributed by atoms with Crippen LogP contribution in [0, 0.1) is 0 Å². The first kappa shape index (κ1) is 10.9. The monoisotopic (exact) mass is 221 g/mol. The van der Waals surface area contributed by atoms with Crippen LogP contribution in [0.25, 0.3) is 11.5 Å². The van der Waals surface area contributed by atoms with Gasteiger partial charge in [0.25, 0.3) is 5.89 Å². The number of aromatic nitrogens is 2. The van der Waals surface area contributed by atoms with Crippen LogP contribution in [0.5, 0.6) is 0 Å². The zero-order valence-electron chi connectivity index (χ0n) is 9.27. The van der Waals surface area contributed by atoms with Gasteiger partial charge < -0.3 is 14.6 Å². The Morgan fingerprint density at radius 2 is 2.25 bits per heavy atom. The SMILES string of the molecule is CCc1occc1-c1nnc(CCCN)o1. The number of nitrogens with zero attached hydrogens (tertiary/aromatic N) is 2. The van der Waals surface area contributed by atoms with Gasteiger partial charge in [-0.25, -0.2) is 0 Å². The second kappa shape index (κ2) is 4.94. The zero-order valence-corrected chi connectivity index (χ0v) is 9.27. The van der Waals surface area contributed by atoms with E-state index in [-0.39, 0.29) is 0 Å². The molecule has 0 saturated carbocycles. The third-order valence-corrected chi connectivity index (χ3v) is 2.36. The molecule has 0 bridgehead atoms. The summed E-state index contributed by atoms with van der Waals surface area (Å²) in [5, 5.41) is 7.97. The lowest BCUT2D eigenvalue weighted by Crippen LogP contribution is -2.00. The molecule has 0 unspecified atom stereocenters. The van der Waals surface area contributed by atoms with Gasteiger partial charge in [0.1, 0.15) is 5.76 Å². The predicted molar refractivity (Wildman–Crippen MR) is 58.8 cm³/mol. The molecule has 0 saturated heterocycles. The van der Waals surface area contributed by atoms with E-state index in [2.05, 4.69) is 10.2 Å². The maximum absolute atomic E-state index is 5.53. The second-order valence-electron chi connectivity index (χ2n) is 3.50.